The van der Waals surface area contributed by atoms with Gasteiger partial charge < -0.3 is 40.1 Å². The van der Waals surface area contributed by atoms with E-state index in [9.17, 15) is 39.0 Å². The average molecular weight is 965 g/mol. The second-order valence-electron chi connectivity index (χ2n) is 18.6. The zero-order valence-electron chi connectivity index (χ0n) is 37.9. The van der Waals surface area contributed by atoms with Gasteiger partial charge in [0.2, 0.25) is 23.6 Å². The lowest BCUT2D eigenvalue weighted by Crippen LogP contribution is -2.53. The van der Waals surface area contributed by atoms with Crippen molar-refractivity contribution in [1.82, 2.24) is 35.7 Å². The summed E-state index contributed by atoms with van der Waals surface area (Å²) in [4.78, 5) is 97.2. The lowest BCUT2D eigenvalue weighted by atomic mass is 9.75. The number of ether oxygens (including phenoxy) is 2. The quantitative estimate of drug-likeness (QED) is 0.0605. The maximum Gasteiger partial charge on any atom is 0.357 e. The third kappa shape index (κ3) is 10.7. The Kier molecular flexibility index (Phi) is 16.3. The Balaban J connectivity index is 0.00000370. The van der Waals surface area contributed by atoms with Gasteiger partial charge in [-0.05, 0) is 116 Å². The molecule has 8 rings (SSSR count). The number of pyridine rings is 2. The molecule has 4 aliphatic carbocycles. The van der Waals surface area contributed by atoms with Crippen molar-refractivity contribution < 1.29 is 48.5 Å². The van der Waals surface area contributed by atoms with E-state index in [2.05, 4.69) is 25.9 Å². The summed E-state index contributed by atoms with van der Waals surface area (Å²) < 4.78 is 12.0. The van der Waals surface area contributed by atoms with Crippen molar-refractivity contribution in [3.8, 4) is 11.5 Å². The highest BCUT2D eigenvalue weighted by Crippen LogP contribution is 2.56. The van der Waals surface area contributed by atoms with E-state index in [1.165, 1.54) is 12.1 Å². The van der Waals surface area contributed by atoms with Gasteiger partial charge >= 0.3 is 11.9 Å². The minimum absolute atomic E-state index is 0. The van der Waals surface area contributed by atoms with Crippen LogP contribution < -0.4 is 16.0 Å². The summed E-state index contributed by atoms with van der Waals surface area (Å²) in [5.74, 6) is -9.63. The van der Waals surface area contributed by atoms with E-state index in [0.29, 0.717) is 73.4 Å². The molecule has 2 aromatic carbocycles. The maximum atomic E-state index is 14.6. The fourth-order valence-electron chi connectivity index (χ4n) is 11.0. The highest BCUT2D eigenvalue weighted by molar-refractivity contribution is 6.02. The minimum atomic E-state index is -1.06. The number of benzene rings is 2. The number of rotatable bonds is 16. The first-order chi connectivity index (χ1) is 31.2. The molecule has 19 heteroatoms. The van der Waals surface area contributed by atoms with Gasteiger partial charge in [0.25, 0.3) is 0 Å². The first-order valence-electron chi connectivity index (χ1n) is 22.5. The number of halogens is 2. The summed E-state index contributed by atoms with van der Waals surface area (Å²) in [6.07, 6.45) is 1.16. The molecule has 4 aromatic rings. The molecule has 2 aromatic heterocycles. The molecule has 10 atom stereocenters. The molecule has 4 fully saturated rings. The van der Waals surface area contributed by atoms with Crippen LogP contribution in [0.25, 0.3) is 21.8 Å². The van der Waals surface area contributed by atoms with E-state index in [4.69, 9.17) is 9.47 Å². The molecular weight excluding hydrogens is 905 g/mol. The zero-order valence-corrected chi connectivity index (χ0v) is 39.5. The van der Waals surface area contributed by atoms with Crippen molar-refractivity contribution in [2.75, 3.05) is 54.4 Å². The Morgan fingerprint density at radius 2 is 0.970 bits per heavy atom. The van der Waals surface area contributed by atoms with Crippen molar-refractivity contribution >= 4 is 82.2 Å². The normalized spacial score (nSPS) is 25.6. The predicted octanol–water partition coefficient (Wildman–Crippen LogP) is 4.11. The van der Waals surface area contributed by atoms with Crippen LogP contribution in [-0.2, 0) is 28.7 Å². The number of aromatic nitrogens is 2. The van der Waals surface area contributed by atoms with Gasteiger partial charge in [-0.25, -0.2) is 19.6 Å². The molecule has 4 saturated carbocycles. The standard InChI is InChI=1S/C48H57N7O10.2ClH/c1-54(2)17-9-15-49-43(58)39-25-19-29(37(21-25)64-47(62)33-23-35(56)27-11-5-7-13-31(27)51-33)41(39)45(60)53-46(61)42-30-20-26(40(42)44(59)50-16-10-18-55(3)4)22-38(30)65-48(63)34-24-36(57)28-12-6-8-14-32(28)52-34;;/h5-8,11-14,23-26,29-30,37-42H,9-10,15-22H2,1-4H3,(H,49,58)(H,50,59)(H,51,56)(H,52,57)(H,53,60,61);2*1H. The maximum absolute atomic E-state index is 14.6. The van der Waals surface area contributed by atoms with Gasteiger partial charge in [-0.2, -0.15) is 0 Å². The van der Waals surface area contributed by atoms with E-state index in [-0.39, 0.29) is 71.4 Å². The molecule has 4 amide bonds. The monoisotopic (exact) mass is 963 g/mol. The number of amides is 4. The molecule has 0 spiro atoms. The Morgan fingerprint density at radius 3 is 1.36 bits per heavy atom. The number of aromatic hydroxyl groups is 2. The summed E-state index contributed by atoms with van der Waals surface area (Å²) in [7, 11) is 7.73. The van der Waals surface area contributed by atoms with Crippen molar-refractivity contribution in [3.63, 3.8) is 0 Å². The van der Waals surface area contributed by atoms with Crippen LogP contribution in [0.3, 0.4) is 0 Å². The van der Waals surface area contributed by atoms with E-state index in [1.54, 1.807) is 48.5 Å². The molecule has 10 unspecified atom stereocenters. The highest BCUT2D eigenvalue weighted by Gasteiger charge is 2.62. The zero-order chi connectivity index (χ0) is 46.1. The van der Waals surface area contributed by atoms with Crippen LogP contribution in [0.15, 0.2) is 60.7 Å². The van der Waals surface area contributed by atoms with Crippen molar-refractivity contribution in [1.29, 1.82) is 0 Å². The van der Waals surface area contributed by atoms with Crippen molar-refractivity contribution in [2.45, 2.75) is 50.7 Å². The molecule has 0 saturated heterocycles. The Hall–Kier alpha value is -5.62. The SMILES string of the molecule is CN(C)CCCNC(=O)C1C2CC(OC(=O)c3cc(O)c4ccccc4n3)C(C2)C1C(=O)NC(=O)C1C2CC(CC2OC(=O)c2cc(O)c3ccccc3n2)C1C(=O)NCCCN(C)C.Cl.Cl. The molecular formula is C48H59Cl2N7O10. The van der Waals surface area contributed by atoms with Crippen molar-refractivity contribution in [3.05, 3.63) is 72.1 Å². The van der Waals surface area contributed by atoms with Crippen LogP contribution >= 0.6 is 24.8 Å². The third-order valence-corrected chi connectivity index (χ3v) is 13.8. The van der Waals surface area contributed by atoms with Crippen LogP contribution in [0.1, 0.15) is 59.5 Å². The summed E-state index contributed by atoms with van der Waals surface area (Å²) in [6.45, 7) is 2.21. The van der Waals surface area contributed by atoms with E-state index in [0.717, 1.165) is 13.1 Å². The summed E-state index contributed by atoms with van der Waals surface area (Å²) in [5, 5.41) is 30.8. The van der Waals surface area contributed by atoms with Gasteiger partial charge in [0, 0.05) is 47.8 Å². The number of carbonyl (C=O) groups excluding carboxylic acids is 6. The second-order valence-corrected chi connectivity index (χ2v) is 18.6. The molecule has 67 heavy (non-hydrogen) atoms. The van der Waals surface area contributed by atoms with Crippen molar-refractivity contribution in [2.24, 2.45) is 47.3 Å². The van der Waals surface area contributed by atoms with Gasteiger partial charge in [0.05, 0.1) is 34.7 Å². The molecule has 360 valence electrons. The third-order valence-electron chi connectivity index (χ3n) is 13.8. The molecule has 4 bridgehead atoms. The Bertz CT molecular complexity index is 2340. The fourth-order valence-corrected chi connectivity index (χ4v) is 11.0. The summed E-state index contributed by atoms with van der Waals surface area (Å²) in [6, 6.07) is 16.1. The topological polar surface area (TPSA) is 230 Å². The summed E-state index contributed by atoms with van der Waals surface area (Å²) >= 11 is 0. The lowest BCUT2D eigenvalue weighted by Gasteiger charge is -2.36. The van der Waals surface area contributed by atoms with E-state index >= 15 is 0 Å². The highest BCUT2D eigenvalue weighted by atomic mass is 35.5. The number of carbonyl (C=O) groups is 6. The van der Waals surface area contributed by atoms with Crippen LogP contribution in [0, 0.1) is 47.3 Å². The van der Waals surface area contributed by atoms with Gasteiger partial charge in [0.15, 0.2) is 11.4 Å². The Labute approximate surface area is 400 Å². The largest absolute Gasteiger partial charge is 0.507 e. The van der Waals surface area contributed by atoms with Gasteiger partial charge in [-0.3, -0.25) is 24.5 Å². The van der Waals surface area contributed by atoms with Crippen LogP contribution in [-0.4, -0.2) is 132 Å². The predicted molar refractivity (Wildman–Crippen MR) is 252 cm³/mol. The average Bonchev–Trinajstić information content (AvgIpc) is 4.06. The number of nitrogens with one attached hydrogen (secondary N) is 3. The molecule has 5 N–H and O–H groups in total. The molecule has 4 aliphatic rings. The van der Waals surface area contributed by atoms with Crippen LogP contribution in [0.4, 0.5) is 0 Å². The van der Waals surface area contributed by atoms with E-state index < -0.39 is 71.5 Å². The lowest BCUT2D eigenvalue weighted by molar-refractivity contribution is -0.147. The number of esters is 2. The number of fused-ring (bicyclic) bond motifs is 6. The number of hydrogen-bond donors (Lipinski definition) is 5. The smallest absolute Gasteiger partial charge is 0.357 e. The number of imide groups is 1. The van der Waals surface area contributed by atoms with Gasteiger partial charge in [-0.1, -0.05) is 24.3 Å². The number of para-hydroxylation sites is 2. The second kappa shape index (κ2) is 21.6. The molecule has 2 heterocycles. The van der Waals surface area contributed by atoms with Gasteiger partial charge in [-0.15, -0.1) is 24.8 Å². The van der Waals surface area contributed by atoms with Crippen LogP contribution in [0.5, 0.6) is 11.5 Å². The van der Waals surface area contributed by atoms with Gasteiger partial charge in [0.1, 0.15) is 23.7 Å². The van der Waals surface area contributed by atoms with Crippen LogP contribution in [0.2, 0.25) is 0 Å². The number of hydrogen-bond acceptors (Lipinski definition) is 14. The summed E-state index contributed by atoms with van der Waals surface area (Å²) in [5.41, 5.74) is 0.580. The molecule has 0 radical (unpaired) electrons. The first kappa shape index (κ1) is 50.8. The Morgan fingerprint density at radius 1 is 0.582 bits per heavy atom. The molecule has 17 nitrogen and oxygen atoms in total. The number of nitrogens with zero attached hydrogens (tertiary/aromatic N) is 4. The van der Waals surface area contributed by atoms with E-state index in [1.807, 2.05) is 38.0 Å². The first-order valence-corrected chi connectivity index (χ1v) is 22.5. The minimum Gasteiger partial charge on any atom is -0.507 e. The fraction of sp³-hybridized carbons (Fsp3) is 0.500. The molecule has 0 aliphatic heterocycles.